The van der Waals surface area contributed by atoms with E-state index in [1.54, 1.807) is 7.05 Å². The highest BCUT2D eigenvalue weighted by atomic mass is 16.5. The van der Waals surface area contributed by atoms with Gasteiger partial charge in [-0.2, -0.15) is 0 Å². The van der Waals surface area contributed by atoms with Crippen LogP contribution in [0.4, 0.5) is 0 Å². The molecule has 0 aromatic carbocycles. The molecule has 1 aliphatic carbocycles. The van der Waals surface area contributed by atoms with Gasteiger partial charge in [-0.1, -0.05) is 26.2 Å². The molecule has 1 aliphatic heterocycles. The first-order valence-corrected chi connectivity index (χ1v) is 9.30. The molecule has 138 valence electrons. The number of nitrogens with one attached hydrogen (secondary N) is 1. The summed E-state index contributed by atoms with van der Waals surface area (Å²) in [7, 11) is 3.24. The Bertz CT molecular complexity index is 422. The molecule has 2 aliphatic rings. The van der Waals surface area contributed by atoms with Crippen LogP contribution in [0.3, 0.4) is 0 Å². The second-order valence-electron chi connectivity index (χ2n) is 6.97. The SMILES string of the molecule is CN=C(NCCCOC1CCCCC1)N1CC(C)C(C(=O)OC)C1. The summed E-state index contributed by atoms with van der Waals surface area (Å²) in [4.78, 5) is 18.3. The summed E-state index contributed by atoms with van der Waals surface area (Å²) >= 11 is 0. The number of guanidine groups is 1. The highest BCUT2D eigenvalue weighted by molar-refractivity contribution is 5.82. The first-order chi connectivity index (χ1) is 11.7. The number of aliphatic imine (C=N–C) groups is 1. The number of likely N-dealkylation sites (tertiary alicyclic amines) is 1. The van der Waals surface area contributed by atoms with Crippen molar-refractivity contribution in [2.45, 2.75) is 51.6 Å². The molecule has 2 atom stereocenters. The van der Waals surface area contributed by atoms with Gasteiger partial charge < -0.3 is 19.7 Å². The van der Waals surface area contributed by atoms with Crippen molar-refractivity contribution < 1.29 is 14.3 Å². The van der Waals surface area contributed by atoms with Gasteiger partial charge in [0.2, 0.25) is 0 Å². The van der Waals surface area contributed by atoms with E-state index >= 15 is 0 Å². The fourth-order valence-electron chi connectivity index (χ4n) is 3.68. The molecular weight excluding hydrogens is 306 g/mol. The molecule has 1 N–H and O–H groups in total. The predicted octanol–water partition coefficient (Wildman–Crippen LogP) is 2.04. The zero-order valence-corrected chi connectivity index (χ0v) is 15.4. The Labute approximate surface area is 146 Å². The van der Waals surface area contributed by atoms with Crippen LogP contribution in [0.15, 0.2) is 4.99 Å². The molecule has 1 saturated heterocycles. The molecule has 1 saturated carbocycles. The van der Waals surface area contributed by atoms with E-state index in [9.17, 15) is 4.79 Å². The highest BCUT2D eigenvalue weighted by Crippen LogP contribution is 2.24. The second-order valence-corrected chi connectivity index (χ2v) is 6.97. The van der Waals surface area contributed by atoms with E-state index < -0.39 is 0 Å². The van der Waals surface area contributed by atoms with E-state index in [2.05, 4.69) is 22.1 Å². The first-order valence-electron chi connectivity index (χ1n) is 9.30. The summed E-state index contributed by atoms with van der Waals surface area (Å²) < 4.78 is 10.8. The molecular formula is C18H33N3O3. The maximum atomic E-state index is 11.8. The number of hydrogen-bond acceptors (Lipinski definition) is 4. The minimum atomic E-state index is -0.124. The first kappa shape index (κ1) is 19.0. The number of nitrogens with zero attached hydrogens (tertiary/aromatic N) is 2. The van der Waals surface area contributed by atoms with Crippen molar-refractivity contribution in [3.63, 3.8) is 0 Å². The standard InChI is InChI=1S/C18H33N3O3/c1-14-12-21(13-16(14)17(22)23-3)18(19-2)20-10-7-11-24-15-8-5-4-6-9-15/h14-16H,4-13H2,1-3H3,(H,19,20). The third kappa shape index (κ3) is 5.36. The normalized spacial score (nSPS) is 25.8. The molecule has 0 amide bonds. The molecule has 0 spiro atoms. The maximum absolute atomic E-state index is 11.8. The van der Waals surface area contributed by atoms with E-state index in [1.165, 1.54) is 39.2 Å². The second kappa shape index (κ2) is 9.87. The van der Waals surface area contributed by atoms with Gasteiger partial charge in [-0.25, -0.2) is 0 Å². The Balaban J connectivity index is 1.66. The molecule has 0 radical (unpaired) electrons. The summed E-state index contributed by atoms with van der Waals surface area (Å²) in [6, 6.07) is 0. The molecule has 6 heteroatoms. The van der Waals surface area contributed by atoms with Crippen LogP contribution in [0, 0.1) is 11.8 Å². The number of ether oxygens (including phenoxy) is 2. The number of carbonyl (C=O) groups excluding carboxylic acids is 1. The lowest BCUT2D eigenvalue weighted by atomic mass is 9.98. The number of hydrogen-bond donors (Lipinski definition) is 1. The van der Waals surface area contributed by atoms with E-state index in [1.807, 2.05) is 0 Å². The number of rotatable bonds is 6. The van der Waals surface area contributed by atoms with Crippen molar-refractivity contribution in [1.82, 2.24) is 10.2 Å². The molecule has 6 nitrogen and oxygen atoms in total. The molecule has 0 aromatic heterocycles. The molecule has 2 unspecified atom stereocenters. The molecule has 24 heavy (non-hydrogen) atoms. The lowest BCUT2D eigenvalue weighted by Gasteiger charge is -2.23. The van der Waals surface area contributed by atoms with Crippen LogP contribution in [0.5, 0.6) is 0 Å². The Morgan fingerprint density at radius 1 is 1.25 bits per heavy atom. The van der Waals surface area contributed by atoms with Crippen LogP contribution >= 0.6 is 0 Å². The Morgan fingerprint density at radius 2 is 2.00 bits per heavy atom. The summed E-state index contributed by atoms with van der Waals surface area (Å²) in [5.41, 5.74) is 0. The lowest BCUT2D eigenvalue weighted by molar-refractivity contribution is -0.145. The summed E-state index contributed by atoms with van der Waals surface area (Å²) in [5.74, 6) is 0.959. The molecule has 1 heterocycles. The van der Waals surface area contributed by atoms with Crippen LogP contribution in [0.25, 0.3) is 0 Å². The predicted molar refractivity (Wildman–Crippen MR) is 95.0 cm³/mol. The Hall–Kier alpha value is -1.30. The van der Waals surface area contributed by atoms with Crippen molar-refractivity contribution in [2.24, 2.45) is 16.8 Å². The number of methoxy groups -OCH3 is 1. The van der Waals surface area contributed by atoms with Gasteiger partial charge in [-0.3, -0.25) is 9.79 Å². The van der Waals surface area contributed by atoms with Crippen LogP contribution < -0.4 is 5.32 Å². The topological polar surface area (TPSA) is 63.2 Å². The largest absolute Gasteiger partial charge is 0.469 e. The fourth-order valence-corrected chi connectivity index (χ4v) is 3.68. The maximum Gasteiger partial charge on any atom is 0.310 e. The third-order valence-electron chi connectivity index (χ3n) is 5.14. The van der Waals surface area contributed by atoms with Crippen molar-refractivity contribution in [3.05, 3.63) is 0 Å². The van der Waals surface area contributed by atoms with Crippen LogP contribution in [0.2, 0.25) is 0 Å². The van der Waals surface area contributed by atoms with Crippen molar-refractivity contribution in [2.75, 3.05) is 40.4 Å². The molecule has 0 aromatic rings. The number of esters is 1. The van der Waals surface area contributed by atoms with Gasteiger partial charge in [0.1, 0.15) is 0 Å². The summed E-state index contributed by atoms with van der Waals surface area (Å²) in [6.07, 6.45) is 7.86. The third-order valence-corrected chi connectivity index (χ3v) is 5.14. The summed E-state index contributed by atoms with van der Waals surface area (Å²) in [5, 5.41) is 3.39. The van der Waals surface area contributed by atoms with Crippen LogP contribution in [-0.4, -0.2) is 63.3 Å². The van der Waals surface area contributed by atoms with Crippen LogP contribution in [0.1, 0.15) is 45.4 Å². The quantitative estimate of drug-likeness (QED) is 0.347. The summed E-state index contributed by atoms with van der Waals surface area (Å²) in [6.45, 7) is 5.24. The smallest absolute Gasteiger partial charge is 0.310 e. The van der Waals surface area contributed by atoms with E-state index in [4.69, 9.17) is 9.47 Å². The monoisotopic (exact) mass is 339 g/mol. The van der Waals surface area contributed by atoms with Gasteiger partial charge >= 0.3 is 5.97 Å². The van der Waals surface area contributed by atoms with Crippen molar-refractivity contribution >= 4 is 11.9 Å². The van der Waals surface area contributed by atoms with Gasteiger partial charge in [-0.15, -0.1) is 0 Å². The minimum absolute atomic E-state index is 0.0665. The highest BCUT2D eigenvalue weighted by Gasteiger charge is 2.36. The van der Waals surface area contributed by atoms with Gasteiger partial charge in [0.25, 0.3) is 0 Å². The van der Waals surface area contributed by atoms with Gasteiger partial charge in [0, 0.05) is 33.3 Å². The zero-order valence-electron chi connectivity index (χ0n) is 15.4. The zero-order chi connectivity index (χ0) is 17.4. The fraction of sp³-hybridized carbons (Fsp3) is 0.889. The van der Waals surface area contributed by atoms with Crippen molar-refractivity contribution in [1.29, 1.82) is 0 Å². The van der Waals surface area contributed by atoms with E-state index in [-0.39, 0.29) is 17.8 Å². The van der Waals surface area contributed by atoms with Crippen LogP contribution in [-0.2, 0) is 14.3 Å². The molecule has 0 bridgehead atoms. The van der Waals surface area contributed by atoms with Gasteiger partial charge in [-0.05, 0) is 25.2 Å². The molecule has 2 rings (SSSR count). The van der Waals surface area contributed by atoms with Crippen molar-refractivity contribution in [3.8, 4) is 0 Å². The van der Waals surface area contributed by atoms with E-state index in [0.717, 1.165) is 32.1 Å². The van der Waals surface area contributed by atoms with E-state index in [0.29, 0.717) is 12.6 Å². The lowest BCUT2D eigenvalue weighted by Crippen LogP contribution is -2.41. The van der Waals surface area contributed by atoms with Gasteiger partial charge in [0.15, 0.2) is 5.96 Å². The average Bonchev–Trinajstić information content (AvgIpc) is 3.00. The minimum Gasteiger partial charge on any atom is -0.469 e. The average molecular weight is 339 g/mol. The molecule has 2 fully saturated rings. The van der Waals surface area contributed by atoms with Gasteiger partial charge in [0.05, 0.1) is 19.1 Å². The Kier molecular flexibility index (Phi) is 7.82. The Morgan fingerprint density at radius 3 is 2.67 bits per heavy atom. The number of carbonyl (C=O) groups is 1.